The Labute approximate surface area is 84.4 Å². The molecule has 1 aromatic heterocycles. The van der Waals surface area contributed by atoms with Gasteiger partial charge >= 0.3 is 0 Å². The Bertz CT molecular complexity index is 567. The van der Waals surface area contributed by atoms with Crippen LogP contribution in [0.3, 0.4) is 0 Å². The van der Waals surface area contributed by atoms with Gasteiger partial charge in [-0.25, -0.2) is 4.63 Å². The van der Waals surface area contributed by atoms with Gasteiger partial charge in [0.1, 0.15) is 6.07 Å². The molecule has 6 heteroatoms. The highest BCUT2D eigenvalue weighted by Crippen LogP contribution is 2.22. The van der Waals surface area contributed by atoms with Crippen molar-refractivity contribution in [2.75, 3.05) is 5.32 Å². The zero-order valence-corrected chi connectivity index (χ0v) is 7.81. The Morgan fingerprint density at radius 2 is 2.20 bits per heavy atom. The minimum atomic E-state index is -0.219. The highest BCUT2D eigenvalue weighted by atomic mass is 16.6. The third-order valence-electron chi connectivity index (χ3n) is 1.85. The first kappa shape index (κ1) is 9.15. The molecule has 0 saturated heterocycles. The second-order valence-electron chi connectivity index (χ2n) is 2.92. The molecule has 0 fully saturated rings. The van der Waals surface area contributed by atoms with Crippen LogP contribution < -0.4 is 5.32 Å². The highest BCUT2D eigenvalue weighted by Gasteiger charge is 2.11. The van der Waals surface area contributed by atoms with E-state index < -0.39 is 0 Å². The lowest BCUT2D eigenvalue weighted by molar-refractivity contribution is -0.114. The second kappa shape index (κ2) is 3.38. The van der Waals surface area contributed by atoms with Crippen LogP contribution in [-0.4, -0.2) is 16.2 Å². The predicted octanol–water partition coefficient (Wildman–Crippen LogP) is 1.05. The molecule has 0 radical (unpaired) electrons. The molecule has 0 bridgehead atoms. The molecule has 2 rings (SSSR count). The fraction of sp³-hybridized carbons (Fsp3) is 0.111. The third kappa shape index (κ3) is 1.50. The number of aromatic nitrogens is 2. The summed E-state index contributed by atoms with van der Waals surface area (Å²) in [4.78, 5) is 10.9. The minimum absolute atomic E-state index is 0.219. The zero-order chi connectivity index (χ0) is 10.8. The predicted molar refractivity (Wildman–Crippen MR) is 50.8 cm³/mol. The topological polar surface area (TPSA) is 91.8 Å². The number of hydrogen-bond acceptors (Lipinski definition) is 5. The van der Waals surface area contributed by atoms with E-state index in [-0.39, 0.29) is 5.91 Å². The average molecular weight is 202 g/mol. The summed E-state index contributed by atoms with van der Waals surface area (Å²) >= 11 is 0. The van der Waals surface area contributed by atoms with Crippen molar-refractivity contribution >= 4 is 22.6 Å². The second-order valence-corrected chi connectivity index (χ2v) is 2.92. The van der Waals surface area contributed by atoms with Crippen LogP contribution in [0.25, 0.3) is 11.0 Å². The lowest BCUT2D eigenvalue weighted by atomic mass is 10.2. The summed E-state index contributed by atoms with van der Waals surface area (Å²) in [7, 11) is 0. The Hall–Kier alpha value is -2.42. The number of nitrogens with zero attached hydrogens (tertiary/aromatic N) is 3. The number of carbonyl (C=O) groups is 1. The van der Waals surface area contributed by atoms with E-state index in [0.717, 1.165) is 0 Å². The summed E-state index contributed by atoms with van der Waals surface area (Å²) in [6.07, 6.45) is 0. The van der Waals surface area contributed by atoms with Crippen molar-refractivity contribution in [2.24, 2.45) is 0 Å². The summed E-state index contributed by atoms with van der Waals surface area (Å²) < 4.78 is 4.53. The molecule has 0 saturated carbocycles. The van der Waals surface area contributed by atoms with Crippen molar-refractivity contribution in [3.8, 4) is 6.07 Å². The van der Waals surface area contributed by atoms with E-state index in [1.165, 1.54) is 6.92 Å². The fourth-order valence-electron chi connectivity index (χ4n) is 1.25. The van der Waals surface area contributed by atoms with Gasteiger partial charge in [-0.05, 0) is 22.4 Å². The van der Waals surface area contributed by atoms with E-state index in [4.69, 9.17) is 5.26 Å². The van der Waals surface area contributed by atoms with Crippen molar-refractivity contribution in [2.45, 2.75) is 6.92 Å². The molecule has 74 valence electrons. The van der Waals surface area contributed by atoms with E-state index in [0.29, 0.717) is 22.3 Å². The summed E-state index contributed by atoms with van der Waals surface area (Å²) in [5.41, 5.74) is 1.58. The van der Waals surface area contributed by atoms with Crippen molar-refractivity contribution < 1.29 is 9.42 Å². The molecular weight excluding hydrogens is 196 g/mol. The van der Waals surface area contributed by atoms with Crippen molar-refractivity contribution in [1.82, 2.24) is 10.3 Å². The van der Waals surface area contributed by atoms with E-state index in [1.54, 1.807) is 12.1 Å². The maximum atomic E-state index is 10.9. The smallest absolute Gasteiger partial charge is 0.221 e. The molecule has 1 amide bonds. The Morgan fingerprint density at radius 1 is 1.47 bits per heavy atom. The highest BCUT2D eigenvalue weighted by molar-refractivity contribution is 5.99. The first-order chi connectivity index (χ1) is 7.22. The summed E-state index contributed by atoms with van der Waals surface area (Å²) in [6, 6.07) is 5.10. The number of fused-ring (bicyclic) bond motifs is 1. The molecule has 1 aromatic carbocycles. The number of benzene rings is 1. The molecule has 0 aliphatic heterocycles. The number of rotatable bonds is 1. The molecule has 0 unspecified atom stereocenters. The van der Waals surface area contributed by atoms with Crippen molar-refractivity contribution in [3.05, 3.63) is 17.7 Å². The minimum Gasteiger partial charge on any atom is -0.324 e. The van der Waals surface area contributed by atoms with Gasteiger partial charge in [0.2, 0.25) is 5.91 Å². The van der Waals surface area contributed by atoms with Gasteiger partial charge in [0.25, 0.3) is 0 Å². The first-order valence-electron chi connectivity index (χ1n) is 4.15. The van der Waals surface area contributed by atoms with Crippen LogP contribution >= 0.6 is 0 Å². The van der Waals surface area contributed by atoms with E-state index >= 15 is 0 Å². The van der Waals surface area contributed by atoms with E-state index in [1.807, 2.05) is 6.07 Å². The van der Waals surface area contributed by atoms with Gasteiger partial charge in [-0.3, -0.25) is 4.79 Å². The number of anilines is 1. The summed E-state index contributed by atoms with van der Waals surface area (Å²) in [5.74, 6) is -0.219. The van der Waals surface area contributed by atoms with E-state index in [9.17, 15) is 4.79 Å². The Balaban J connectivity index is 2.64. The van der Waals surface area contributed by atoms with Crippen LogP contribution in [-0.2, 0) is 4.79 Å². The summed E-state index contributed by atoms with van der Waals surface area (Å²) in [6.45, 7) is 1.39. The van der Waals surface area contributed by atoms with Crippen LogP contribution in [0.4, 0.5) is 5.69 Å². The molecule has 1 N–H and O–H groups in total. The first-order valence-corrected chi connectivity index (χ1v) is 4.15. The molecule has 6 nitrogen and oxygen atoms in total. The maximum absolute atomic E-state index is 10.9. The maximum Gasteiger partial charge on any atom is 0.221 e. The largest absolute Gasteiger partial charge is 0.324 e. The quantitative estimate of drug-likeness (QED) is 0.746. The summed E-state index contributed by atoms with van der Waals surface area (Å²) in [5, 5.41) is 18.6. The van der Waals surface area contributed by atoms with Crippen LogP contribution in [0.15, 0.2) is 16.8 Å². The van der Waals surface area contributed by atoms with Gasteiger partial charge < -0.3 is 5.32 Å². The number of hydrogen-bond donors (Lipinski definition) is 1. The van der Waals surface area contributed by atoms with Crippen LogP contribution in [0, 0.1) is 11.3 Å². The van der Waals surface area contributed by atoms with Gasteiger partial charge in [-0.1, -0.05) is 0 Å². The molecule has 2 aromatic rings. The Morgan fingerprint density at radius 3 is 2.87 bits per heavy atom. The molecule has 0 atom stereocenters. The third-order valence-corrected chi connectivity index (χ3v) is 1.85. The molecule has 0 aliphatic carbocycles. The number of nitriles is 1. The number of carbonyl (C=O) groups excluding carboxylic acids is 1. The van der Waals surface area contributed by atoms with Crippen LogP contribution in [0.5, 0.6) is 0 Å². The number of nitrogens with one attached hydrogen (secondary N) is 1. The van der Waals surface area contributed by atoms with Gasteiger partial charge in [0.15, 0.2) is 11.0 Å². The van der Waals surface area contributed by atoms with Crippen LogP contribution in [0.2, 0.25) is 0 Å². The molecular formula is C9H6N4O2. The Kier molecular flexibility index (Phi) is 2.06. The van der Waals surface area contributed by atoms with Crippen LogP contribution in [0.1, 0.15) is 12.5 Å². The van der Waals surface area contributed by atoms with Gasteiger partial charge in [-0.15, -0.1) is 0 Å². The zero-order valence-electron chi connectivity index (χ0n) is 7.81. The van der Waals surface area contributed by atoms with Crippen molar-refractivity contribution in [3.63, 3.8) is 0 Å². The lowest BCUT2D eigenvalue weighted by Gasteiger charge is -2.00. The monoisotopic (exact) mass is 202 g/mol. The average Bonchev–Trinajstić information content (AvgIpc) is 2.66. The molecule has 1 heterocycles. The standard InChI is InChI=1S/C9H6N4O2/c1-5(14)11-7-3-2-6(4-10)8-9(7)13-15-12-8/h2-3H,1H3,(H,11,14). The van der Waals surface area contributed by atoms with Crippen molar-refractivity contribution in [1.29, 1.82) is 5.26 Å². The number of amides is 1. The molecule has 0 aliphatic rings. The fourth-order valence-corrected chi connectivity index (χ4v) is 1.25. The van der Waals surface area contributed by atoms with Gasteiger partial charge in [0.05, 0.1) is 11.3 Å². The van der Waals surface area contributed by atoms with E-state index in [2.05, 4.69) is 20.3 Å². The van der Waals surface area contributed by atoms with Gasteiger partial charge in [-0.2, -0.15) is 5.26 Å². The normalized spacial score (nSPS) is 9.87. The lowest BCUT2D eigenvalue weighted by Crippen LogP contribution is -2.06. The molecule has 15 heavy (non-hydrogen) atoms. The molecule has 0 spiro atoms. The SMILES string of the molecule is CC(=O)Nc1ccc(C#N)c2nonc12. The van der Waals surface area contributed by atoms with Gasteiger partial charge in [0, 0.05) is 6.92 Å².